The second kappa shape index (κ2) is 4.66. The number of aliphatic carboxylic acids is 1. The second-order valence-electron chi connectivity index (χ2n) is 3.96. The maximum absolute atomic E-state index is 11.0. The average Bonchev–Trinajstić information content (AvgIpc) is 2.42. The molecule has 0 spiro atoms. The third kappa shape index (κ3) is 2.72. The van der Waals surface area contributed by atoms with Crippen molar-refractivity contribution in [2.45, 2.75) is 20.3 Å². The second-order valence-corrected chi connectivity index (χ2v) is 4.36. The van der Waals surface area contributed by atoms with Crippen LogP contribution in [0.25, 0.3) is 0 Å². The molecule has 0 saturated carbocycles. The third-order valence-corrected chi connectivity index (χ3v) is 2.86. The average molecular weight is 231 g/mol. The molecule has 5 heteroatoms. The van der Waals surface area contributed by atoms with Crippen LogP contribution in [0.1, 0.15) is 19.5 Å². The van der Waals surface area contributed by atoms with Gasteiger partial charge in [0.2, 0.25) is 0 Å². The monoisotopic (exact) mass is 230 g/mol. The van der Waals surface area contributed by atoms with Gasteiger partial charge in [0, 0.05) is 13.5 Å². The lowest BCUT2D eigenvalue weighted by atomic mass is 9.91. The van der Waals surface area contributed by atoms with E-state index in [1.807, 2.05) is 13.8 Å². The Hall–Kier alpha value is -1.03. The first-order valence-electron chi connectivity index (χ1n) is 4.82. The van der Waals surface area contributed by atoms with Gasteiger partial charge >= 0.3 is 5.97 Å². The fraction of sp³-hybridized carbons (Fsp3) is 0.600. The summed E-state index contributed by atoms with van der Waals surface area (Å²) in [6.07, 6.45) is 1.96. The van der Waals surface area contributed by atoms with Crippen LogP contribution in [0.3, 0.4) is 0 Å². The molecule has 1 aromatic heterocycles. The molecule has 0 aromatic carbocycles. The summed E-state index contributed by atoms with van der Waals surface area (Å²) in [5.41, 5.74) is 0.776. The zero-order valence-electron chi connectivity index (χ0n) is 9.07. The summed E-state index contributed by atoms with van der Waals surface area (Å²) in [7, 11) is 1.76. The molecule has 1 N–H and O–H groups in total. The Morgan fingerprint density at radius 2 is 2.27 bits per heavy atom. The van der Waals surface area contributed by atoms with Gasteiger partial charge in [-0.3, -0.25) is 9.48 Å². The molecule has 0 aliphatic heterocycles. The van der Waals surface area contributed by atoms with Crippen LogP contribution in [0.15, 0.2) is 6.20 Å². The van der Waals surface area contributed by atoms with Crippen molar-refractivity contribution in [3.8, 4) is 0 Å². The Kier molecular flexibility index (Phi) is 3.74. The van der Waals surface area contributed by atoms with E-state index in [0.29, 0.717) is 11.4 Å². The van der Waals surface area contributed by atoms with E-state index in [1.54, 1.807) is 11.7 Å². The van der Waals surface area contributed by atoms with Crippen molar-refractivity contribution in [2.75, 3.05) is 0 Å². The van der Waals surface area contributed by atoms with Crippen molar-refractivity contribution in [3.05, 3.63) is 16.9 Å². The fourth-order valence-corrected chi connectivity index (χ4v) is 1.73. The molecule has 15 heavy (non-hydrogen) atoms. The highest BCUT2D eigenvalue weighted by atomic mass is 35.5. The molecule has 0 aliphatic rings. The minimum atomic E-state index is -0.790. The van der Waals surface area contributed by atoms with Gasteiger partial charge in [-0.15, -0.1) is 0 Å². The Morgan fingerprint density at radius 3 is 2.60 bits per heavy atom. The Balaban J connectivity index is 2.88. The first-order valence-corrected chi connectivity index (χ1v) is 5.20. The molecule has 1 aromatic rings. The maximum Gasteiger partial charge on any atom is 0.307 e. The first kappa shape index (κ1) is 12.0. The van der Waals surface area contributed by atoms with Gasteiger partial charge in [-0.1, -0.05) is 25.4 Å². The maximum atomic E-state index is 11.0. The zero-order chi connectivity index (χ0) is 11.6. The van der Waals surface area contributed by atoms with Crippen LogP contribution in [-0.2, 0) is 18.3 Å². The molecular weight excluding hydrogens is 216 g/mol. The molecule has 0 saturated heterocycles. The van der Waals surface area contributed by atoms with E-state index >= 15 is 0 Å². The number of carbonyl (C=O) groups is 1. The van der Waals surface area contributed by atoms with Crippen LogP contribution in [0.2, 0.25) is 5.02 Å². The molecule has 0 radical (unpaired) electrons. The number of carboxylic acid groups (broad SMARTS) is 1. The summed E-state index contributed by atoms with van der Waals surface area (Å²) in [5, 5.41) is 13.6. The minimum absolute atomic E-state index is 0.0773. The normalized spacial score (nSPS) is 13.1. The fourth-order valence-electron chi connectivity index (χ4n) is 1.48. The van der Waals surface area contributed by atoms with E-state index < -0.39 is 11.9 Å². The smallest absolute Gasteiger partial charge is 0.307 e. The molecule has 1 unspecified atom stereocenters. The lowest BCUT2D eigenvalue weighted by molar-refractivity contribution is -0.143. The highest BCUT2D eigenvalue weighted by Gasteiger charge is 2.24. The van der Waals surface area contributed by atoms with Gasteiger partial charge in [-0.05, 0) is 5.92 Å². The van der Waals surface area contributed by atoms with E-state index in [2.05, 4.69) is 5.10 Å². The zero-order valence-corrected chi connectivity index (χ0v) is 9.82. The molecule has 84 valence electrons. The quantitative estimate of drug-likeness (QED) is 0.861. The van der Waals surface area contributed by atoms with E-state index in [9.17, 15) is 4.79 Å². The van der Waals surface area contributed by atoms with Gasteiger partial charge in [-0.2, -0.15) is 5.10 Å². The molecule has 1 atom stereocenters. The number of hydrogen-bond donors (Lipinski definition) is 1. The Bertz CT molecular complexity index is 341. The summed E-state index contributed by atoms with van der Waals surface area (Å²) < 4.78 is 1.63. The molecule has 4 nitrogen and oxygen atoms in total. The molecule has 0 fully saturated rings. The summed E-state index contributed by atoms with van der Waals surface area (Å²) in [6, 6.07) is 0. The Labute approximate surface area is 93.9 Å². The van der Waals surface area contributed by atoms with Crippen molar-refractivity contribution < 1.29 is 9.90 Å². The van der Waals surface area contributed by atoms with Crippen LogP contribution < -0.4 is 0 Å². The molecular formula is C10H15ClN2O2. The lowest BCUT2D eigenvalue weighted by Crippen LogP contribution is -2.23. The van der Waals surface area contributed by atoms with Crippen LogP contribution in [-0.4, -0.2) is 20.9 Å². The van der Waals surface area contributed by atoms with Gasteiger partial charge in [0.05, 0.1) is 22.8 Å². The van der Waals surface area contributed by atoms with Crippen molar-refractivity contribution in [1.29, 1.82) is 0 Å². The molecule has 1 heterocycles. The van der Waals surface area contributed by atoms with E-state index in [0.717, 1.165) is 5.69 Å². The summed E-state index contributed by atoms with van der Waals surface area (Å²) in [6.45, 7) is 3.78. The summed E-state index contributed by atoms with van der Waals surface area (Å²) in [5.74, 6) is -1.13. The van der Waals surface area contributed by atoms with Crippen molar-refractivity contribution in [2.24, 2.45) is 18.9 Å². The predicted octanol–water partition coefficient (Wildman–Crippen LogP) is 1.97. The van der Waals surface area contributed by atoms with Gasteiger partial charge in [0.25, 0.3) is 0 Å². The number of hydrogen-bond acceptors (Lipinski definition) is 2. The van der Waals surface area contributed by atoms with Crippen molar-refractivity contribution >= 4 is 17.6 Å². The van der Waals surface area contributed by atoms with Crippen molar-refractivity contribution in [3.63, 3.8) is 0 Å². The summed E-state index contributed by atoms with van der Waals surface area (Å²) >= 11 is 5.92. The number of aromatic nitrogens is 2. The number of rotatable bonds is 4. The van der Waals surface area contributed by atoms with Crippen LogP contribution in [0.5, 0.6) is 0 Å². The third-order valence-electron chi connectivity index (χ3n) is 2.55. The largest absolute Gasteiger partial charge is 0.481 e. The standard InChI is InChI=1S/C10H15ClN2O2/c1-6(2)7(10(14)15)4-9-8(11)5-12-13(9)3/h5-7H,4H2,1-3H3,(H,14,15). The Morgan fingerprint density at radius 1 is 1.67 bits per heavy atom. The van der Waals surface area contributed by atoms with Gasteiger partial charge in [0.1, 0.15) is 0 Å². The van der Waals surface area contributed by atoms with Crippen LogP contribution in [0.4, 0.5) is 0 Å². The van der Waals surface area contributed by atoms with Gasteiger partial charge in [-0.25, -0.2) is 0 Å². The van der Waals surface area contributed by atoms with Crippen molar-refractivity contribution in [1.82, 2.24) is 9.78 Å². The molecule has 0 bridgehead atoms. The topological polar surface area (TPSA) is 55.1 Å². The number of carboxylic acids is 1. The minimum Gasteiger partial charge on any atom is -0.481 e. The highest BCUT2D eigenvalue weighted by molar-refractivity contribution is 6.31. The lowest BCUT2D eigenvalue weighted by Gasteiger charge is -2.16. The van der Waals surface area contributed by atoms with E-state index in [-0.39, 0.29) is 5.92 Å². The van der Waals surface area contributed by atoms with Crippen LogP contribution in [0, 0.1) is 11.8 Å². The van der Waals surface area contributed by atoms with Gasteiger partial charge < -0.3 is 5.11 Å². The predicted molar refractivity (Wildman–Crippen MR) is 57.9 cm³/mol. The molecule has 1 rings (SSSR count). The molecule has 0 amide bonds. The number of halogens is 1. The summed E-state index contributed by atoms with van der Waals surface area (Å²) in [4.78, 5) is 11.0. The van der Waals surface area contributed by atoms with E-state index in [4.69, 9.17) is 16.7 Å². The van der Waals surface area contributed by atoms with Crippen LogP contribution >= 0.6 is 11.6 Å². The number of nitrogens with zero attached hydrogens (tertiary/aromatic N) is 2. The first-order chi connectivity index (χ1) is 6.93. The SMILES string of the molecule is CC(C)C(Cc1c(Cl)cnn1C)C(=O)O. The van der Waals surface area contributed by atoms with Gasteiger partial charge in [0.15, 0.2) is 0 Å². The number of aryl methyl sites for hydroxylation is 1. The highest BCUT2D eigenvalue weighted by Crippen LogP contribution is 2.22. The van der Waals surface area contributed by atoms with E-state index in [1.165, 1.54) is 6.20 Å². The molecule has 0 aliphatic carbocycles.